The Balaban J connectivity index is 1.71. The Bertz CT molecular complexity index is 1080. The van der Waals surface area contributed by atoms with Crippen LogP contribution in [0, 0.1) is 0 Å². The molecule has 1 amide bonds. The van der Waals surface area contributed by atoms with Gasteiger partial charge in [-0.3, -0.25) is 19.7 Å². The first-order valence-electron chi connectivity index (χ1n) is 9.19. The van der Waals surface area contributed by atoms with E-state index in [1.807, 2.05) is 72.5 Å². The fourth-order valence-corrected chi connectivity index (χ4v) is 3.22. The van der Waals surface area contributed by atoms with Crippen molar-refractivity contribution in [3.8, 4) is 0 Å². The molecule has 0 N–H and O–H groups in total. The third-order valence-corrected chi connectivity index (χ3v) is 4.79. The highest BCUT2D eigenvalue weighted by Crippen LogP contribution is 2.25. The molecular weight excluding hydrogens is 348 g/mol. The second kappa shape index (κ2) is 7.96. The zero-order chi connectivity index (χ0) is 19.3. The lowest BCUT2D eigenvalue weighted by Crippen LogP contribution is -2.33. The van der Waals surface area contributed by atoms with E-state index in [-0.39, 0.29) is 11.9 Å². The monoisotopic (exact) mass is 368 g/mol. The van der Waals surface area contributed by atoms with Gasteiger partial charge in [0, 0.05) is 24.2 Å². The molecule has 0 saturated carbocycles. The van der Waals surface area contributed by atoms with Gasteiger partial charge in [-0.2, -0.15) is 0 Å². The van der Waals surface area contributed by atoms with Crippen LogP contribution in [-0.4, -0.2) is 25.8 Å². The Morgan fingerprint density at radius 3 is 2.36 bits per heavy atom. The smallest absolute Gasteiger partial charge is 0.254 e. The molecule has 0 fully saturated rings. The van der Waals surface area contributed by atoms with Crippen LogP contribution in [0.15, 0.2) is 85.3 Å². The summed E-state index contributed by atoms with van der Waals surface area (Å²) in [4.78, 5) is 28.3. The molecule has 0 bridgehead atoms. The number of pyridine rings is 1. The van der Waals surface area contributed by atoms with Gasteiger partial charge < -0.3 is 4.90 Å². The minimum absolute atomic E-state index is 0.0606. The number of rotatable bonds is 5. The van der Waals surface area contributed by atoms with Crippen molar-refractivity contribution in [2.45, 2.75) is 19.5 Å². The van der Waals surface area contributed by atoms with Crippen molar-refractivity contribution in [3.63, 3.8) is 0 Å². The fourth-order valence-electron chi connectivity index (χ4n) is 3.22. The molecule has 2 heterocycles. The van der Waals surface area contributed by atoms with E-state index in [1.165, 1.54) is 0 Å². The van der Waals surface area contributed by atoms with E-state index in [0.29, 0.717) is 17.6 Å². The highest BCUT2D eigenvalue weighted by Gasteiger charge is 2.24. The van der Waals surface area contributed by atoms with Gasteiger partial charge in [0.25, 0.3) is 5.91 Å². The summed E-state index contributed by atoms with van der Waals surface area (Å²) in [5.74, 6) is -0.0606. The Labute approximate surface area is 163 Å². The van der Waals surface area contributed by atoms with E-state index in [1.54, 1.807) is 24.7 Å². The summed E-state index contributed by atoms with van der Waals surface area (Å²) < 4.78 is 0. The molecule has 2 aromatic carbocycles. The second-order valence-electron chi connectivity index (χ2n) is 6.60. The minimum atomic E-state index is -0.103. The summed E-state index contributed by atoms with van der Waals surface area (Å²) in [7, 11) is 0. The van der Waals surface area contributed by atoms with Crippen molar-refractivity contribution in [2.24, 2.45) is 0 Å². The average Bonchev–Trinajstić information content (AvgIpc) is 2.77. The number of nitrogens with zero attached hydrogens (tertiary/aromatic N) is 4. The van der Waals surface area contributed by atoms with Crippen LogP contribution in [0.3, 0.4) is 0 Å². The molecule has 5 nitrogen and oxygen atoms in total. The Morgan fingerprint density at radius 2 is 1.61 bits per heavy atom. The largest absolute Gasteiger partial charge is 0.326 e. The van der Waals surface area contributed by atoms with Crippen molar-refractivity contribution in [3.05, 3.63) is 102 Å². The fraction of sp³-hybridized carbons (Fsp3) is 0.130. The predicted octanol–water partition coefficient (Wildman–Crippen LogP) is 4.43. The van der Waals surface area contributed by atoms with Crippen LogP contribution in [-0.2, 0) is 6.54 Å². The topological polar surface area (TPSA) is 59.0 Å². The SMILES string of the molecule is CC(c1ccccc1)N(Cc1ccccn1)C(=O)c1ccc2nccnc2c1. The summed E-state index contributed by atoms with van der Waals surface area (Å²) in [6, 6.07) is 21.1. The van der Waals surface area contributed by atoms with Gasteiger partial charge in [-0.25, -0.2) is 0 Å². The lowest BCUT2D eigenvalue weighted by atomic mass is 10.0. The van der Waals surface area contributed by atoms with Gasteiger partial charge in [-0.15, -0.1) is 0 Å². The molecule has 2 aromatic heterocycles. The van der Waals surface area contributed by atoms with E-state index in [0.717, 1.165) is 16.8 Å². The molecule has 28 heavy (non-hydrogen) atoms. The van der Waals surface area contributed by atoms with Crippen molar-refractivity contribution < 1.29 is 4.79 Å². The number of hydrogen-bond donors (Lipinski definition) is 0. The standard InChI is InChI=1S/C23H20N4O/c1-17(18-7-3-2-4-8-18)27(16-20-9-5-6-12-24-20)23(28)19-10-11-21-22(15-19)26-14-13-25-21/h2-15,17H,16H2,1H3. The van der Waals surface area contributed by atoms with Crippen LogP contribution in [0.5, 0.6) is 0 Å². The highest BCUT2D eigenvalue weighted by atomic mass is 16.2. The summed E-state index contributed by atoms with van der Waals surface area (Å²) in [6.07, 6.45) is 5.03. The van der Waals surface area contributed by atoms with E-state index >= 15 is 0 Å². The van der Waals surface area contributed by atoms with Crippen molar-refractivity contribution in [2.75, 3.05) is 0 Å². The Kier molecular flexibility index (Phi) is 5.06. The number of benzene rings is 2. The quantitative estimate of drug-likeness (QED) is 0.523. The Morgan fingerprint density at radius 1 is 0.857 bits per heavy atom. The summed E-state index contributed by atoms with van der Waals surface area (Å²) >= 11 is 0. The molecule has 0 spiro atoms. The minimum Gasteiger partial charge on any atom is -0.326 e. The van der Waals surface area contributed by atoms with Gasteiger partial charge in [0.15, 0.2) is 0 Å². The van der Waals surface area contributed by atoms with Crippen LogP contribution >= 0.6 is 0 Å². The van der Waals surface area contributed by atoms with Gasteiger partial charge in [0.05, 0.1) is 29.3 Å². The third-order valence-electron chi connectivity index (χ3n) is 4.79. The van der Waals surface area contributed by atoms with Crippen molar-refractivity contribution >= 4 is 16.9 Å². The summed E-state index contributed by atoms with van der Waals surface area (Å²) in [6.45, 7) is 2.46. The van der Waals surface area contributed by atoms with Crippen molar-refractivity contribution in [1.82, 2.24) is 19.9 Å². The number of carbonyl (C=O) groups excluding carboxylic acids is 1. The summed E-state index contributed by atoms with van der Waals surface area (Å²) in [5.41, 5.74) is 3.99. The zero-order valence-electron chi connectivity index (χ0n) is 15.6. The molecule has 0 aliphatic heterocycles. The lowest BCUT2D eigenvalue weighted by molar-refractivity contribution is 0.0671. The van der Waals surface area contributed by atoms with Crippen LogP contribution in [0.1, 0.15) is 34.6 Å². The maximum absolute atomic E-state index is 13.5. The molecule has 1 atom stereocenters. The first-order chi connectivity index (χ1) is 13.7. The maximum Gasteiger partial charge on any atom is 0.254 e. The molecule has 138 valence electrons. The van der Waals surface area contributed by atoms with E-state index < -0.39 is 0 Å². The van der Waals surface area contributed by atoms with Crippen LogP contribution in [0.2, 0.25) is 0 Å². The number of carbonyl (C=O) groups is 1. The van der Waals surface area contributed by atoms with Crippen LogP contribution in [0.4, 0.5) is 0 Å². The molecule has 5 heteroatoms. The van der Waals surface area contributed by atoms with E-state index in [4.69, 9.17) is 0 Å². The molecule has 4 aromatic rings. The van der Waals surface area contributed by atoms with E-state index in [2.05, 4.69) is 15.0 Å². The molecule has 0 saturated heterocycles. The molecule has 4 rings (SSSR count). The third kappa shape index (κ3) is 3.74. The van der Waals surface area contributed by atoms with E-state index in [9.17, 15) is 4.79 Å². The average molecular weight is 368 g/mol. The first-order valence-corrected chi connectivity index (χ1v) is 9.19. The number of aromatic nitrogens is 3. The van der Waals surface area contributed by atoms with Crippen molar-refractivity contribution in [1.29, 1.82) is 0 Å². The van der Waals surface area contributed by atoms with Gasteiger partial charge in [-0.1, -0.05) is 36.4 Å². The highest BCUT2D eigenvalue weighted by molar-refractivity contribution is 5.97. The number of amides is 1. The normalized spacial score (nSPS) is 11.9. The molecule has 0 radical (unpaired) electrons. The lowest BCUT2D eigenvalue weighted by Gasteiger charge is -2.29. The molecule has 0 aliphatic rings. The van der Waals surface area contributed by atoms with Gasteiger partial charge in [0.2, 0.25) is 0 Å². The zero-order valence-corrected chi connectivity index (χ0v) is 15.6. The molecule has 0 aliphatic carbocycles. The summed E-state index contributed by atoms with van der Waals surface area (Å²) in [5, 5.41) is 0. The molecular formula is C23H20N4O. The predicted molar refractivity (Wildman–Crippen MR) is 109 cm³/mol. The number of hydrogen-bond acceptors (Lipinski definition) is 4. The van der Waals surface area contributed by atoms with Gasteiger partial charge >= 0.3 is 0 Å². The first kappa shape index (κ1) is 17.8. The van der Waals surface area contributed by atoms with Crippen LogP contribution < -0.4 is 0 Å². The maximum atomic E-state index is 13.5. The number of fused-ring (bicyclic) bond motifs is 1. The molecule has 1 unspecified atom stereocenters. The Hall–Kier alpha value is -3.60. The van der Waals surface area contributed by atoms with Crippen LogP contribution in [0.25, 0.3) is 11.0 Å². The second-order valence-corrected chi connectivity index (χ2v) is 6.60. The van der Waals surface area contributed by atoms with Gasteiger partial charge in [0.1, 0.15) is 0 Å². The van der Waals surface area contributed by atoms with Gasteiger partial charge in [-0.05, 0) is 42.8 Å².